The van der Waals surface area contributed by atoms with E-state index in [1.165, 1.54) is 116 Å². The first-order chi connectivity index (χ1) is 15.7. The van der Waals surface area contributed by atoms with E-state index in [4.69, 9.17) is 9.47 Å². The molecule has 0 fully saturated rings. The van der Waals surface area contributed by atoms with Crippen molar-refractivity contribution in [3.63, 3.8) is 0 Å². The quantitative estimate of drug-likeness (QED) is 0.114. The number of hydrogen-bond acceptors (Lipinski definition) is 2. The van der Waals surface area contributed by atoms with Crippen LogP contribution in [0.3, 0.4) is 0 Å². The predicted octanol–water partition coefficient (Wildman–Crippen LogP) is 9.98. The van der Waals surface area contributed by atoms with Crippen LogP contribution in [0.5, 0.6) is 0 Å². The summed E-state index contributed by atoms with van der Waals surface area (Å²) in [7, 11) is 1.83. The molecule has 0 aromatic carbocycles. The highest BCUT2D eigenvalue weighted by molar-refractivity contribution is 4.74. The average molecular weight is 459 g/mol. The Morgan fingerprint density at radius 2 is 0.969 bits per heavy atom. The van der Waals surface area contributed by atoms with Crippen molar-refractivity contribution in [2.45, 2.75) is 161 Å². The van der Waals surface area contributed by atoms with Crippen LogP contribution in [-0.4, -0.2) is 32.6 Å². The number of hydrogen-bond donors (Lipinski definition) is 0. The number of ether oxygens (including phenoxy) is 2. The Morgan fingerprint density at radius 3 is 1.41 bits per heavy atom. The molecule has 0 aliphatic carbocycles. The minimum Gasteiger partial charge on any atom is -0.378 e. The number of methoxy groups -OCH3 is 1. The number of alkyl halides is 1. The van der Waals surface area contributed by atoms with E-state index in [0.717, 1.165) is 32.3 Å². The number of unbranched alkanes of at least 4 members (excludes halogenated alkanes) is 19. The normalized spacial score (nSPS) is 13.5. The second-order valence-electron chi connectivity index (χ2n) is 10.2. The maximum Gasteiger partial charge on any atom is 0.0894 e. The lowest BCUT2D eigenvalue weighted by molar-refractivity contribution is -0.0696. The summed E-state index contributed by atoms with van der Waals surface area (Å²) < 4.78 is 23.8. The Bertz CT molecular complexity index is 350. The molecule has 0 aliphatic heterocycles. The summed E-state index contributed by atoms with van der Waals surface area (Å²) in [5.74, 6) is 0. The molecule has 0 heterocycles. The zero-order valence-corrected chi connectivity index (χ0v) is 22.4. The molecule has 0 spiro atoms. The summed E-state index contributed by atoms with van der Waals surface area (Å²) in [5.41, 5.74) is -0.131. The fraction of sp³-hybridized carbons (Fsp3) is 1.00. The Morgan fingerprint density at radius 1 is 0.562 bits per heavy atom. The first-order valence-corrected chi connectivity index (χ1v) is 14.4. The van der Waals surface area contributed by atoms with E-state index >= 15 is 0 Å². The third kappa shape index (κ3) is 23.0. The van der Waals surface area contributed by atoms with Gasteiger partial charge < -0.3 is 9.47 Å². The van der Waals surface area contributed by atoms with Gasteiger partial charge in [0.1, 0.15) is 0 Å². The lowest BCUT2D eigenvalue weighted by atomic mass is 9.97. The van der Waals surface area contributed by atoms with E-state index in [1.54, 1.807) is 0 Å². The molecule has 0 saturated carbocycles. The first kappa shape index (κ1) is 31.9. The van der Waals surface area contributed by atoms with Crippen LogP contribution in [0.15, 0.2) is 0 Å². The standard InChI is InChI=1S/C29H59FO2/c1-4-5-6-7-8-9-10-11-12-13-16-19-22-25-29(2,31-3)28-32-27-24-21-18-15-14-17-20-23-26-30/h4-28H2,1-3H3. The number of halogens is 1. The van der Waals surface area contributed by atoms with E-state index in [2.05, 4.69) is 13.8 Å². The third-order valence-electron chi connectivity index (χ3n) is 6.88. The molecule has 0 amide bonds. The van der Waals surface area contributed by atoms with Crippen molar-refractivity contribution in [1.82, 2.24) is 0 Å². The van der Waals surface area contributed by atoms with Crippen LogP contribution in [0.4, 0.5) is 4.39 Å². The predicted molar refractivity (Wildman–Crippen MR) is 139 cm³/mol. The van der Waals surface area contributed by atoms with Crippen molar-refractivity contribution in [3.8, 4) is 0 Å². The Hall–Kier alpha value is -0.150. The maximum atomic E-state index is 12.0. The highest BCUT2D eigenvalue weighted by Gasteiger charge is 2.23. The fourth-order valence-electron chi connectivity index (χ4n) is 4.40. The van der Waals surface area contributed by atoms with Gasteiger partial charge in [-0.15, -0.1) is 0 Å². The van der Waals surface area contributed by atoms with Crippen molar-refractivity contribution in [2.24, 2.45) is 0 Å². The molecule has 0 N–H and O–H groups in total. The smallest absolute Gasteiger partial charge is 0.0894 e. The van der Waals surface area contributed by atoms with Crippen molar-refractivity contribution < 1.29 is 13.9 Å². The highest BCUT2D eigenvalue weighted by Crippen LogP contribution is 2.21. The Balaban J connectivity index is 3.43. The molecule has 0 aliphatic rings. The Labute approximate surface area is 201 Å². The summed E-state index contributed by atoms with van der Waals surface area (Å²) in [5, 5.41) is 0. The molecule has 194 valence electrons. The van der Waals surface area contributed by atoms with Gasteiger partial charge in [0.15, 0.2) is 0 Å². The molecule has 0 bridgehead atoms. The molecule has 0 aromatic heterocycles. The molecule has 32 heavy (non-hydrogen) atoms. The SMILES string of the molecule is CCCCCCCCCCCCCCCC(C)(COCCCCCCCCCCF)OC. The van der Waals surface area contributed by atoms with Crippen LogP contribution in [-0.2, 0) is 9.47 Å². The molecule has 0 radical (unpaired) electrons. The van der Waals surface area contributed by atoms with Crippen molar-refractivity contribution in [2.75, 3.05) is 27.0 Å². The number of rotatable bonds is 27. The molecule has 0 saturated heterocycles. The second kappa shape index (κ2) is 25.5. The van der Waals surface area contributed by atoms with Gasteiger partial charge in [-0.2, -0.15) is 0 Å². The maximum absolute atomic E-state index is 12.0. The summed E-state index contributed by atoms with van der Waals surface area (Å²) >= 11 is 0. The van der Waals surface area contributed by atoms with Gasteiger partial charge in [-0.25, -0.2) is 0 Å². The summed E-state index contributed by atoms with van der Waals surface area (Å²) in [6.45, 7) is 5.89. The minimum atomic E-state index is -0.156. The van der Waals surface area contributed by atoms with Gasteiger partial charge in [-0.1, -0.05) is 129 Å². The largest absolute Gasteiger partial charge is 0.378 e. The molecule has 1 atom stereocenters. The van der Waals surface area contributed by atoms with E-state index in [-0.39, 0.29) is 12.3 Å². The highest BCUT2D eigenvalue weighted by atomic mass is 19.1. The van der Waals surface area contributed by atoms with Gasteiger partial charge in [0.05, 0.1) is 18.9 Å². The lowest BCUT2D eigenvalue weighted by Gasteiger charge is -2.28. The monoisotopic (exact) mass is 458 g/mol. The molecular weight excluding hydrogens is 399 g/mol. The molecular formula is C29H59FO2. The van der Waals surface area contributed by atoms with Crippen LogP contribution in [0.25, 0.3) is 0 Å². The van der Waals surface area contributed by atoms with Gasteiger partial charge in [0.25, 0.3) is 0 Å². The van der Waals surface area contributed by atoms with Crippen LogP contribution in [0, 0.1) is 0 Å². The zero-order chi connectivity index (χ0) is 23.6. The first-order valence-electron chi connectivity index (χ1n) is 14.4. The zero-order valence-electron chi connectivity index (χ0n) is 22.4. The topological polar surface area (TPSA) is 18.5 Å². The Kier molecular flexibility index (Phi) is 25.4. The van der Waals surface area contributed by atoms with Crippen molar-refractivity contribution in [3.05, 3.63) is 0 Å². The molecule has 0 rings (SSSR count). The lowest BCUT2D eigenvalue weighted by Crippen LogP contribution is -2.33. The van der Waals surface area contributed by atoms with Crippen molar-refractivity contribution >= 4 is 0 Å². The minimum absolute atomic E-state index is 0.131. The summed E-state index contributed by atoms with van der Waals surface area (Å²) in [6, 6.07) is 0. The molecule has 2 nitrogen and oxygen atoms in total. The van der Waals surface area contributed by atoms with Crippen LogP contribution in [0.2, 0.25) is 0 Å². The van der Waals surface area contributed by atoms with Gasteiger partial charge in [0.2, 0.25) is 0 Å². The van der Waals surface area contributed by atoms with Gasteiger partial charge >= 0.3 is 0 Å². The van der Waals surface area contributed by atoms with Gasteiger partial charge in [-0.3, -0.25) is 4.39 Å². The van der Waals surface area contributed by atoms with Crippen LogP contribution in [0.1, 0.15) is 155 Å². The van der Waals surface area contributed by atoms with Gasteiger partial charge in [0, 0.05) is 13.7 Å². The van der Waals surface area contributed by atoms with Crippen LogP contribution >= 0.6 is 0 Å². The second-order valence-corrected chi connectivity index (χ2v) is 10.2. The van der Waals surface area contributed by atoms with E-state index in [0.29, 0.717) is 6.61 Å². The summed E-state index contributed by atoms with van der Waals surface area (Å²) in [4.78, 5) is 0. The van der Waals surface area contributed by atoms with Gasteiger partial charge in [-0.05, 0) is 26.2 Å². The van der Waals surface area contributed by atoms with Crippen LogP contribution < -0.4 is 0 Å². The molecule has 1 unspecified atom stereocenters. The van der Waals surface area contributed by atoms with E-state index in [9.17, 15) is 4.39 Å². The summed E-state index contributed by atoms with van der Waals surface area (Å²) in [6.07, 6.45) is 28.4. The molecule has 3 heteroatoms. The van der Waals surface area contributed by atoms with E-state index in [1.807, 2.05) is 7.11 Å². The fourth-order valence-corrected chi connectivity index (χ4v) is 4.40. The van der Waals surface area contributed by atoms with Crippen molar-refractivity contribution in [1.29, 1.82) is 0 Å². The third-order valence-corrected chi connectivity index (χ3v) is 6.88. The van der Waals surface area contributed by atoms with E-state index < -0.39 is 0 Å². The average Bonchev–Trinajstić information content (AvgIpc) is 2.80. The molecule has 0 aromatic rings.